The van der Waals surface area contributed by atoms with Gasteiger partial charge in [-0.1, -0.05) is 0 Å². The number of benzene rings is 1. The van der Waals surface area contributed by atoms with E-state index in [9.17, 15) is 4.79 Å². The molecule has 0 amide bonds. The fourth-order valence-corrected chi connectivity index (χ4v) is 1.47. The minimum absolute atomic E-state index is 0.178. The van der Waals surface area contributed by atoms with Gasteiger partial charge >= 0.3 is 5.97 Å². The molecule has 0 saturated carbocycles. The number of nitrogens with zero attached hydrogens (tertiary/aromatic N) is 2. The van der Waals surface area contributed by atoms with E-state index in [2.05, 4.69) is 5.10 Å². The predicted octanol–water partition coefficient (Wildman–Crippen LogP) is 1.46. The minimum Gasteiger partial charge on any atom is -0.478 e. The van der Waals surface area contributed by atoms with Gasteiger partial charge in [-0.25, -0.2) is 9.48 Å². The summed E-state index contributed by atoms with van der Waals surface area (Å²) in [4.78, 5) is 11.0. The van der Waals surface area contributed by atoms with Crippen molar-refractivity contribution in [3.05, 3.63) is 41.7 Å². The lowest BCUT2D eigenvalue weighted by atomic mass is 10.1. The number of rotatable bonds is 2. The van der Waals surface area contributed by atoms with E-state index < -0.39 is 5.97 Å². The maximum atomic E-state index is 11.0. The van der Waals surface area contributed by atoms with Crippen LogP contribution in [0.1, 0.15) is 16.1 Å². The van der Waals surface area contributed by atoms with Gasteiger partial charge in [0, 0.05) is 11.9 Å². The van der Waals surface area contributed by atoms with Crippen LogP contribution in [0.4, 0.5) is 5.69 Å². The van der Waals surface area contributed by atoms with Gasteiger partial charge in [-0.15, -0.1) is 0 Å². The zero-order valence-electron chi connectivity index (χ0n) is 8.71. The van der Waals surface area contributed by atoms with Crippen molar-refractivity contribution in [2.45, 2.75) is 6.92 Å². The van der Waals surface area contributed by atoms with Crippen molar-refractivity contribution in [1.82, 2.24) is 9.78 Å². The molecule has 5 nitrogen and oxygen atoms in total. The quantitative estimate of drug-likeness (QED) is 0.746. The Labute approximate surface area is 92.1 Å². The van der Waals surface area contributed by atoms with E-state index in [1.807, 2.05) is 6.92 Å². The van der Waals surface area contributed by atoms with Gasteiger partial charge in [-0.2, -0.15) is 5.10 Å². The molecular formula is C11H11N3O2. The van der Waals surface area contributed by atoms with Crippen LogP contribution in [-0.4, -0.2) is 20.9 Å². The highest BCUT2D eigenvalue weighted by atomic mass is 16.4. The lowest BCUT2D eigenvalue weighted by Gasteiger charge is -2.06. The monoisotopic (exact) mass is 217 g/mol. The van der Waals surface area contributed by atoms with Gasteiger partial charge in [-0.05, 0) is 31.2 Å². The molecule has 3 N–H and O–H groups in total. The smallest absolute Gasteiger partial charge is 0.337 e. The van der Waals surface area contributed by atoms with Crippen LogP contribution in [0.15, 0.2) is 30.5 Å². The number of hydrogen-bond donors (Lipinski definition) is 2. The molecule has 5 heteroatoms. The average Bonchev–Trinajstić information content (AvgIpc) is 2.64. The van der Waals surface area contributed by atoms with E-state index in [4.69, 9.17) is 10.8 Å². The summed E-state index contributed by atoms with van der Waals surface area (Å²) in [5.41, 5.74) is 7.61. The zero-order chi connectivity index (χ0) is 11.7. The Hall–Kier alpha value is -2.30. The van der Waals surface area contributed by atoms with Gasteiger partial charge < -0.3 is 10.8 Å². The molecule has 1 aromatic carbocycles. The summed E-state index contributed by atoms with van der Waals surface area (Å²) >= 11 is 0. The Morgan fingerprint density at radius 1 is 1.44 bits per heavy atom. The maximum absolute atomic E-state index is 11.0. The molecular weight excluding hydrogens is 206 g/mol. The van der Waals surface area contributed by atoms with Crippen LogP contribution in [0.3, 0.4) is 0 Å². The SMILES string of the molecule is Cc1ccn(-c2cc(N)ccc2C(=O)O)n1. The van der Waals surface area contributed by atoms with Gasteiger partial charge in [0.2, 0.25) is 0 Å². The molecule has 0 radical (unpaired) electrons. The van der Waals surface area contributed by atoms with Gasteiger partial charge in [-0.3, -0.25) is 0 Å². The van der Waals surface area contributed by atoms with Crippen molar-refractivity contribution in [2.24, 2.45) is 0 Å². The van der Waals surface area contributed by atoms with Crippen molar-refractivity contribution in [3.63, 3.8) is 0 Å². The summed E-state index contributed by atoms with van der Waals surface area (Å²) in [6.45, 7) is 1.84. The summed E-state index contributed by atoms with van der Waals surface area (Å²) in [6.07, 6.45) is 1.70. The standard InChI is InChI=1S/C11H11N3O2/c1-7-4-5-14(13-7)10-6-8(12)2-3-9(10)11(15)16/h2-6H,12H2,1H3,(H,15,16). The molecule has 0 unspecified atom stereocenters. The third kappa shape index (κ3) is 1.75. The van der Waals surface area contributed by atoms with Crippen LogP contribution in [0, 0.1) is 6.92 Å². The first-order chi connectivity index (χ1) is 7.58. The first-order valence-electron chi connectivity index (χ1n) is 4.73. The second-order valence-electron chi connectivity index (χ2n) is 3.48. The van der Waals surface area contributed by atoms with Crippen molar-refractivity contribution in [1.29, 1.82) is 0 Å². The number of carboxylic acid groups (broad SMARTS) is 1. The molecule has 1 aromatic heterocycles. The fraction of sp³-hybridized carbons (Fsp3) is 0.0909. The molecule has 82 valence electrons. The Kier molecular flexibility index (Phi) is 2.36. The third-order valence-electron chi connectivity index (χ3n) is 2.22. The topological polar surface area (TPSA) is 81.1 Å². The number of carbonyl (C=O) groups is 1. The van der Waals surface area contributed by atoms with Crippen LogP contribution < -0.4 is 5.73 Å². The molecule has 1 heterocycles. The second-order valence-corrected chi connectivity index (χ2v) is 3.48. The fourth-order valence-electron chi connectivity index (χ4n) is 1.47. The molecule has 0 aliphatic rings. The first-order valence-corrected chi connectivity index (χ1v) is 4.73. The van der Waals surface area contributed by atoms with Gasteiger partial charge in [0.15, 0.2) is 0 Å². The summed E-state index contributed by atoms with van der Waals surface area (Å²) in [5.74, 6) is -0.997. The lowest BCUT2D eigenvalue weighted by Crippen LogP contribution is -2.06. The minimum atomic E-state index is -0.997. The van der Waals surface area contributed by atoms with E-state index >= 15 is 0 Å². The van der Waals surface area contributed by atoms with E-state index in [1.165, 1.54) is 10.7 Å². The summed E-state index contributed by atoms with van der Waals surface area (Å²) in [6, 6.07) is 6.43. The molecule has 16 heavy (non-hydrogen) atoms. The highest BCUT2D eigenvalue weighted by molar-refractivity contribution is 5.92. The van der Waals surface area contributed by atoms with Gasteiger partial charge in [0.05, 0.1) is 16.9 Å². The molecule has 2 rings (SSSR count). The highest BCUT2D eigenvalue weighted by Crippen LogP contribution is 2.18. The Bertz CT molecular complexity index is 546. The Balaban J connectivity index is 2.62. The number of aromatic carboxylic acids is 1. The van der Waals surface area contributed by atoms with Crippen molar-refractivity contribution >= 4 is 11.7 Å². The summed E-state index contributed by atoms with van der Waals surface area (Å²) in [5, 5.41) is 13.2. The lowest BCUT2D eigenvalue weighted by molar-refractivity contribution is 0.0697. The van der Waals surface area contributed by atoms with Crippen molar-refractivity contribution in [2.75, 3.05) is 5.73 Å². The third-order valence-corrected chi connectivity index (χ3v) is 2.22. The molecule has 0 bridgehead atoms. The highest BCUT2D eigenvalue weighted by Gasteiger charge is 2.12. The Morgan fingerprint density at radius 3 is 2.75 bits per heavy atom. The summed E-state index contributed by atoms with van der Waals surface area (Å²) < 4.78 is 1.51. The number of hydrogen-bond acceptors (Lipinski definition) is 3. The number of aromatic nitrogens is 2. The van der Waals surface area contributed by atoms with Crippen molar-refractivity contribution in [3.8, 4) is 5.69 Å². The van der Waals surface area contributed by atoms with E-state index in [0.717, 1.165) is 5.69 Å². The van der Waals surface area contributed by atoms with E-state index in [0.29, 0.717) is 11.4 Å². The maximum Gasteiger partial charge on any atom is 0.337 e. The molecule has 2 aromatic rings. The number of anilines is 1. The number of carboxylic acids is 1. The molecule has 0 saturated heterocycles. The van der Waals surface area contributed by atoms with Crippen molar-refractivity contribution < 1.29 is 9.90 Å². The largest absolute Gasteiger partial charge is 0.478 e. The second kappa shape index (κ2) is 3.69. The van der Waals surface area contributed by atoms with Crippen LogP contribution in [-0.2, 0) is 0 Å². The first kappa shape index (κ1) is 10.2. The number of aryl methyl sites for hydroxylation is 1. The van der Waals surface area contributed by atoms with E-state index in [-0.39, 0.29) is 5.56 Å². The van der Waals surface area contributed by atoms with Crippen LogP contribution >= 0.6 is 0 Å². The molecule has 0 spiro atoms. The molecule has 0 fully saturated rings. The molecule has 0 atom stereocenters. The van der Waals surface area contributed by atoms with Gasteiger partial charge in [0.25, 0.3) is 0 Å². The Morgan fingerprint density at radius 2 is 2.19 bits per heavy atom. The van der Waals surface area contributed by atoms with Crippen LogP contribution in [0.2, 0.25) is 0 Å². The van der Waals surface area contributed by atoms with Gasteiger partial charge in [0.1, 0.15) is 0 Å². The summed E-state index contributed by atoms with van der Waals surface area (Å²) in [7, 11) is 0. The average molecular weight is 217 g/mol. The number of nitrogen functional groups attached to an aromatic ring is 1. The number of nitrogens with two attached hydrogens (primary N) is 1. The predicted molar refractivity (Wildman–Crippen MR) is 59.7 cm³/mol. The van der Waals surface area contributed by atoms with E-state index in [1.54, 1.807) is 24.4 Å². The van der Waals surface area contributed by atoms with Crippen LogP contribution in [0.5, 0.6) is 0 Å². The van der Waals surface area contributed by atoms with Crippen LogP contribution in [0.25, 0.3) is 5.69 Å². The normalized spacial score (nSPS) is 10.3. The zero-order valence-corrected chi connectivity index (χ0v) is 8.71. The molecule has 0 aliphatic heterocycles. The molecule has 0 aliphatic carbocycles.